The van der Waals surface area contributed by atoms with E-state index in [1.54, 1.807) is 11.3 Å². The maximum Gasteiger partial charge on any atom is 0.137 e. The second kappa shape index (κ2) is 6.45. The van der Waals surface area contributed by atoms with Gasteiger partial charge >= 0.3 is 0 Å². The highest BCUT2D eigenvalue weighted by molar-refractivity contribution is 14.1. The molecule has 1 aromatic carbocycles. The molecular formula is C13H12BrFINS. The van der Waals surface area contributed by atoms with Crippen LogP contribution in [-0.2, 0) is 6.42 Å². The van der Waals surface area contributed by atoms with Crippen LogP contribution in [0.25, 0.3) is 0 Å². The molecule has 0 bridgehead atoms. The molecule has 0 saturated heterocycles. The number of thiophene rings is 1. The van der Waals surface area contributed by atoms with E-state index in [-0.39, 0.29) is 11.9 Å². The van der Waals surface area contributed by atoms with E-state index in [2.05, 4.69) is 55.3 Å². The molecule has 1 N–H and O–H groups in total. The third-order valence-corrected chi connectivity index (χ3v) is 5.18. The molecule has 0 aliphatic carbocycles. The first-order chi connectivity index (χ1) is 8.60. The van der Waals surface area contributed by atoms with Gasteiger partial charge in [-0.25, -0.2) is 4.39 Å². The van der Waals surface area contributed by atoms with E-state index < -0.39 is 0 Å². The van der Waals surface area contributed by atoms with E-state index in [0.29, 0.717) is 4.47 Å². The molecule has 0 fully saturated rings. The lowest BCUT2D eigenvalue weighted by atomic mass is 10.0. The fourth-order valence-corrected chi connectivity index (χ4v) is 3.65. The first-order valence-electron chi connectivity index (χ1n) is 5.45. The molecule has 2 aromatic rings. The molecular weight excluding hydrogens is 428 g/mol. The maximum atomic E-state index is 13.2. The fourth-order valence-electron chi connectivity index (χ4n) is 1.80. The quantitative estimate of drug-likeness (QED) is 0.677. The lowest BCUT2D eigenvalue weighted by Crippen LogP contribution is -2.18. The summed E-state index contributed by atoms with van der Waals surface area (Å²) in [6.45, 7) is 0. The Balaban J connectivity index is 2.17. The van der Waals surface area contributed by atoms with E-state index in [9.17, 15) is 4.39 Å². The Kier molecular flexibility index (Phi) is 5.17. The molecule has 0 aliphatic heterocycles. The standard InChI is InChI=1S/C13H12BrFINS/c1-17-12(9-6-13(16)18-7-9)5-8-2-3-11(15)10(14)4-8/h2-4,6-7,12,17H,5H2,1H3. The zero-order valence-electron chi connectivity index (χ0n) is 9.71. The summed E-state index contributed by atoms with van der Waals surface area (Å²) in [6.07, 6.45) is 0.849. The molecule has 1 atom stereocenters. The normalized spacial score (nSPS) is 12.7. The second-order valence-electron chi connectivity index (χ2n) is 3.98. The second-order valence-corrected chi connectivity index (χ2v) is 7.64. The molecule has 0 saturated carbocycles. The number of nitrogens with one attached hydrogen (secondary N) is 1. The Labute approximate surface area is 132 Å². The van der Waals surface area contributed by atoms with Crippen molar-refractivity contribution in [3.63, 3.8) is 0 Å². The van der Waals surface area contributed by atoms with Crippen LogP contribution in [0.15, 0.2) is 34.1 Å². The molecule has 0 amide bonds. The van der Waals surface area contributed by atoms with Crippen molar-refractivity contribution in [2.45, 2.75) is 12.5 Å². The Hall–Kier alpha value is 0.0200. The molecule has 0 radical (unpaired) electrons. The van der Waals surface area contributed by atoms with Gasteiger partial charge < -0.3 is 5.32 Å². The summed E-state index contributed by atoms with van der Waals surface area (Å²) in [5.41, 5.74) is 2.40. The SMILES string of the molecule is CNC(Cc1ccc(F)c(Br)c1)c1csc(I)c1. The van der Waals surface area contributed by atoms with Gasteiger partial charge in [-0.3, -0.25) is 0 Å². The molecule has 1 unspecified atom stereocenters. The number of hydrogen-bond donors (Lipinski definition) is 1. The average Bonchev–Trinajstić information content (AvgIpc) is 2.77. The third kappa shape index (κ3) is 3.53. The minimum atomic E-state index is -0.218. The summed E-state index contributed by atoms with van der Waals surface area (Å²) >= 11 is 7.29. The van der Waals surface area contributed by atoms with Gasteiger partial charge in [0.05, 0.1) is 7.36 Å². The van der Waals surface area contributed by atoms with Gasteiger partial charge in [-0.2, -0.15) is 0 Å². The van der Waals surface area contributed by atoms with Crippen LogP contribution in [0.2, 0.25) is 0 Å². The van der Waals surface area contributed by atoms with Crippen LogP contribution in [0.5, 0.6) is 0 Å². The lowest BCUT2D eigenvalue weighted by molar-refractivity contribution is 0.589. The zero-order chi connectivity index (χ0) is 13.1. The predicted molar refractivity (Wildman–Crippen MR) is 86.6 cm³/mol. The summed E-state index contributed by atoms with van der Waals surface area (Å²) in [5.74, 6) is -0.218. The average molecular weight is 440 g/mol. The Morgan fingerprint density at radius 2 is 2.22 bits per heavy atom. The van der Waals surface area contributed by atoms with Gasteiger partial charge in [0.15, 0.2) is 0 Å². The van der Waals surface area contributed by atoms with Crippen molar-refractivity contribution < 1.29 is 4.39 Å². The highest BCUT2D eigenvalue weighted by Gasteiger charge is 2.12. The Morgan fingerprint density at radius 1 is 1.44 bits per heavy atom. The van der Waals surface area contributed by atoms with Crippen LogP contribution in [-0.4, -0.2) is 7.05 Å². The lowest BCUT2D eigenvalue weighted by Gasteiger charge is -2.15. The maximum absolute atomic E-state index is 13.2. The molecule has 2 rings (SSSR count). The molecule has 5 heteroatoms. The minimum absolute atomic E-state index is 0.218. The summed E-state index contributed by atoms with van der Waals surface area (Å²) in [4.78, 5) is 0. The van der Waals surface area contributed by atoms with E-state index in [0.717, 1.165) is 12.0 Å². The van der Waals surface area contributed by atoms with Crippen LogP contribution < -0.4 is 5.32 Å². The van der Waals surface area contributed by atoms with Gasteiger partial charge in [0, 0.05) is 6.04 Å². The van der Waals surface area contributed by atoms with Crippen LogP contribution in [0, 0.1) is 8.70 Å². The predicted octanol–water partition coefficient (Wildman–Crippen LogP) is 4.76. The highest BCUT2D eigenvalue weighted by atomic mass is 127. The number of likely N-dealkylation sites (N-methyl/N-ethyl adjacent to an activating group) is 1. The summed E-state index contributed by atoms with van der Waals surface area (Å²) < 4.78 is 15.0. The molecule has 1 heterocycles. The first-order valence-corrected chi connectivity index (χ1v) is 8.20. The van der Waals surface area contributed by atoms with E-state index in [4.69, 9.17) is 0 Å². The first kappa shape index (κ1) is 14.4. The van der Waals surface area contributed by atoms with Crippen molar-refractivity contribution in [3.05, 3.63) is 53.9 Å². The van der Waals surface area contributed by atoms with Crippen molar-refractivity contribution in [3.8, 4) is 0 Å². The monoisotopic (exact) mass is 439 g/mol. The van der Waals surface area contributed by atoms with Crippen molar-refractivity contribution in [2.75, 3.05) is 7.05 Å². The van der Waals surface area contributed by atoms with Gasteiger partial charge in [0.2, 0.25) is 0 Å². The van der Waals surface area contributed by atoms with Crippen LogP contribution in [0.1, 0.15) is 17.2 Å². The Bertz CT molecular complexity index is 544. The van der Waals surface area contributed by atoms with Gasteiger partial charge in [-0.1, -0.05) is 6.07 Å². The molecule has 1 aromatic heterocycles. The number of hydrogen-bond acceptors (Lipinski definition) is 2. The topological polar surface area (TPSA) is 12.0 Å². The summed E-state index contributed by atoms with van der Waals surface area (Å²) in [7, 11) is 1.95. The smallest absolute Gasteiger partial charge is 0.137 e. The van der Waals surface area contributed by atoms with Crippen LogP contribution in [0.4, 0.5) is 4.39 Å². The largest absolute Gasteiger partial charge is 0.313 e. The van der Waals surface area contributed by atoms with Gasteiger partial charge in [-0.15, -0.1) is 11.3 Å². The summed E-state index contributed by atoms with van der Waals surface area (Å²) in [6, 6.07) is 7.63. The van der Waals surface area contributed by atoms with Gasteiger partial charge in [0.1, 0.15) is 5.82 Å². The van der Waals surface area contributed by atoms with Gasteiger partial charge in [0.25, 0.3) is 0 Å². The Morgan fingerprint density at radius 3 is 2.78 bits per heavy atom. The van der Waals surface area contributed by atoms with E-state index in [1.807, 2.05) is 19.2 Å². The van der Waals surface area contributed by atoms with Crippen molar-refractivity contribution >= 4 is 49.9 Å². The molecule has 1 nitrogen and oxygen atoms in total. The molecule has 0 spiro atoms. The third-order valence-electron chi connectivity index (χ3n) is 2.76. The molecule has 18 heavy (non-hydrogen) atoms. The van der Waals surface area contributed by atoms with Crippen molar-refractivity contribution in [1.82, 2.24) is 5.32 Å². The number of rotatable bonds is 4. The van der Waals surface area contributed by atoms with E-state index in [1.165, 1.54) is 14.5 Å². The number of benzene rings is 1. The minimum Gasteiger partial charge on any atom is -0.313 e. The van der Waals surface area contributed by atoms with Crippen LogP contribution >= 0.6 is 49.9 Å². The fraction of sp³-hybridized carbons (Fsp3) is 0.231. The van der Waals surface area contributed by atoms with Crippen molar-refractivity contribution in [2.24, 2.45) is 0 Å². The van der Waals surface area contributed by atoms with E-state index >= 15 is 0 Å². The van der Waals surface area contributed by atoms with Crippen LogP contribution in [0.3, 0.4) is 0 Å². The molecule has 96 valence electrons. The number of halogens is 3. The molecule has 0 aliphatic rings. The van der Waals surface area contributed by atoms with Gasteiger partial charge in [-0.05, 0) is 86.7 Å². The summed E-state index contributed by atoms with van der Waals surface area (Å²) in [5, 5.41) is 5.48. The highest BCUT2D eigenvalue weighted by Crippen LogP contribution is 2.26. The zero-order valence-corrected chi connectivity index (χ0v) is 14.3. The van der Waals surface area contributed by atoms with Crippen molar-refractivity contribution in [1.29, 1.82) is 0 Å².